The van der Waals surface area contributed by atoms with Gasteiger partial charge in [-0.15, -0.1) is 0 Å². The molecule has 0 atom stereocenters. The van der Waals surface area contributed by atoms with E-state index in [1.807, 2.05) is 13.8 Å². The highest BCUT2D eigenvalue weighted by Crippen LogP contribution is 2.34. The van der Waals surface area contributed by atoms with E-state index < -0.39 is 17.5 Å². The van der Waals surface area contributed by atoms with Crippen LogP contribution in [-0.2, 0) is 20.9 Å². The zero-order chi connectivity index (χ0) is 21.1. The number of carboxylic acids is 1. The first-order valence-corrected chi connectivity index (χ1v) is 9.64. The maximum absolute atomic E-state index is 11.9. The molecule has 0 unspecified atom stereocenters. The van der Waals surface area contributed by atoms with Crippen LogP contribution in [0, 0.1) is 20.8 Å². The molecule has 28 heavy (non-hydrogen) atoms. The van der Waals surface area contributed by atoms with Gasteiger partial charge < -0.3 is 24.8 Å². The normalized spacial score (nSPS) is 14.9. The lowest BCUT2D eigenvalue weighted by molar-refractivity contribution is -0.160. The van der Waals surface area contributed by atoms with Crippen molar-refractivity contribution in [3.63, 3.8) is 0 Å². The highest BCUT2D eigenvalue weighted by Gasteiger charge is 2.25. The Bertz CT molecular complexity index is 746. The summed E-state index contributed by atoms with van der Waals surface area (Å²) in [6.45, 7) is 14.4. The average Bonchev–Trinajstić information content (AvgIpc) is 2.57. The number of hydrogen-bond acceptors (Lipinski definition) is 6. The van der Waals surface area contributed by atoms with Gasteiger partial charge in [0.1, 0.15) is 12.2 Å². The second kappa shape index (κ2) is 8.92. The Morgan fingerprint density at radius 1 is 1.07 bits per heavy atom. The van der Waals surface area contributed by atoms with Gasteiger partial charge in [-0.25, -0.2) is 9.59 Å². The standard InChI is InChI=1S/C21H32N2O5/c1-13-16(11-27-12-17(24)28-21(4,5)6)14(2)19(15(3)18(13)20(25)26)23-9-7-22-8-10-23/h22H,7-12H2,1-6H3,(H,25,26). The molecule has 1 saturated heterocycles. The van der Waals surface area contributed by atoms with Crippen molar-refractivity contribution in [1.29, 1.82) is 0 Å². The number of rotatable bonds is 6. The third-order valence-electron chi connectivity index (χ3n) is 4.90. The predicted molar refractivity (Wildman–Crippen MR) is 108 cm³/mol. The van der Waals surface area contributed by atoms with Gasteiger partial charge in [-0.05, 0) is 63.8 Å². The van der Waals surface area contributed by atoms with Crippen LogP contribution in [0.25, 0.3) is 0 Å². The molecule has 1 fully saturated rings. The van der Waals surface area contributed by atoms with Gasteiger partial charge in [0.15, 0.2) is 0 Å². The van der Waals surface area contributed by atoms with Crippen LogP contribution in [0.2, 0.25) is 0 Å². The molecule has 7 nitrogen and oxygen atoms in total. The van der Waals surface area contributed by atoms with Crippen molar-refractivity contribution in [3.05, 3.63) is 27.8 Å². The van der Waals surface area contributed by atoms with Crippen LogP contribution in [0.15, 0.2) is 0 Å². The van der Waals surface area contributed by atoms with Gasteiger partial charge in [0.05, 0.1) is 12.2 Å². The molecule has 1 heterocycles. The molecule has 2 rings (SSSR count). The van der Waals surface area contributed by atoms with Crippen molar-refractivity contribution in [2.75, 3.05) is 37.7 Å². The predicted octanol–water partition coefficient (Wildman–Crippen LogP) is 2.58. The minimum atomic E-state index is -0.945. The molecule has 1 aromatic carbocycles. The Kier molecular flexibility index (Phi) is 7.06. The molecule has 0 aliphatic carbocycles. The minimum absolute atomic E-state index is 0.163. The molecule has 0 saturated carbocycles. The average molecular weight is 392 g/mol. The topological polar surface area (TPSA) is 88.1 Å². The quantitative estimate of drug-likeness (QED) is 0.720. The van der Waals surface area contributed by atoms with E-state index >= 15 is 0 Å². The van der Waals surface area contributed by atoms with Crippen molar-refractivity contribution in [2.24, 2.45) is 0 Å². The summed E-state index contributed by atoms with van der Waals surface area (Å²) < 4.78 is 10.9. The number of aromatic carboxylic acids is 1. The molecular weight excluding hydrogens is 360 g/mol. The third-order valence-corrected chi connectivity index (χ3v) is 4.90. The smallest absolute Gasteiger partial charge is 0.336 e. The van der Waals surface area contributed by atoms with Gasteiger partial charge in [0.2, 0.25) is 0 Å². The second-order valence-electron chi connectivity index (χ2n) is 8.20. The summed E-state index contributed by atoms with van der Waals surface area (Å²) in [4.78, 5) is 26.1. The lowest BCUT2D eigenvalue weighted by atomic mass is 9.90. The number of carbonyl (C=O) groups excluding carboxylic acids is 1. The first-order chi connectivity index (χ1) is 13.0. The largest absolute Gasteiger partial charge is 0.478 e. The molecule has 0 amide bonds. The number of anilines is 1. The molecular formula is C21H32N2O5. The van der Waals surface area contributed by atoms with Crippen LogP contribution in [0.5, 0.6) is 0 Å². The summed E-state index contributed by atoms with van der Waals surface area (Å²) in [7, 11) is 0. The van der Waals surface area contributed by atoms with Crippen LogP contribution < -0.4 is 10.2 Å². The Morgan fingerprint density at radius 3 is 2.21 bits per heavy atom. The summed E-state index contributed by atoms with van der Waals surface area (Å²) in [6.07, 6.45) is 0. The second-order valence-corrected chi connectivity index (χ2v) is 8.20. The number of benzene rings is 1. The van der Waals surface area contributed by atoms with E-state index in [0.717, 1.165) is 48.6 Å². The number of carboxylic acid groups (broad SMARTS) is 1. The first-order valence-electron chi connectivity index (χ1n) is 9.64. The lowest BCUT2D eigenvalue weighted by Crippen LogP contribution is -2.44. The fourth-order valence-corrected chi connectivity index (χ4v) is 3.76. The maximum atomic E-state index is 11.9. The van der Waals surface area contributed by atoms with Crippen LogP contribution in [0.1, 0.15) is 53.4 Å². The minimum Gasteiger partial charge on any atom is -0.478 e. The molecule has 0 radical (unpaired) electrons. The summed E-state index contributed by atoms with van der Waals surface area (Å²) in [6, 6.07) is 0. The van der Waals surface area contributed by atoms with Crippen molar-refractivity contribution in [2.45, 2.75) is 53.8 Å². The molecule has 2 N–H and O–H groups in total. The number of hydrogen-bond donors (Lipinski definition) is 2. The Hall–Kier alpha value is -2.12. The Labute approximate surface area is 167 Å². The van der Waals surface area contributed by atoms with Crippen LogP contribution >= 0.6 is 0 Å². The molecule has 0 aromatic heterocycles. The summed E-state index contributed by atoms with van der Waals surface area (Å²) >= 11 is 0. The van der Waals surface area contributed by atoms with Gasteiger partial charge in [0.25, 0.3) is 0 Å². The number of nitrogens with one attached hydrogen (secondary N) is 1. The van der Waals surface area contributed by atoms with Crippen LogP contribution in [0.3, 0.4) is 0 Å². The molecule has 1 aliphatic heterocycles. The summed E-state index contributed by atoms with van der Waals surface area (Å²) in [5.74, 6) is -1.38. The van der Waals surface area contributed by atoms with Gasteiger partial charge in [0, 0.05) is 31.9 Å². The van der Waals surface area contributed by atoms with Gasteiger partial charge in [-0.1, -0.05) is 0 Å². The summed E-state index contributed by atoms with van der Waals surface area (Å²) in [5, 5.41) is 13.1. The highest BCUT2D eigenvalue weighted by molar-refractivity contribution is 5.94. The zero-order valence-electron chi connectivity index (χ0n) is 17.8. The zero-order valence-corrected chi connectivity index (χ0v) is 17.8. The lowest BCUT2D eigenvalue weighted by Gasteiger charge is -2.34. The van der Waals surface area contributed by atoms with Gasteiger partial charge >= 0.3 is 11.9 Å². The van der Waals surface area contributed by atoms with E-state index in [4.69, 9.17) is 9.47 Å². The first kappa shape index (κ1) is 22.2. The third kappa shape index (κ3) is 5.23. The molecule has 1 aromatic rings. The molecule has 0 bridgehead atoms. The molecule has 1 aliphatic rings. The molecule has 0 spiro atoms. The number of esters is 1. The van der Waals surface area contributed by atoms with Crippen LogP contribution in [-0.4, -0.2) is 55.4 Å². The van der Waals surface area contributed by atoms with Gasteiger partial charge in [-0.2, -0.15) is 0 Å². The van der Waals surface area contributed by atoms with Crippen molar-refractivity contribution < 1.29 is 24.2 Å². The Morgan fingerprint density at radius 2 is 1.68 bits per heavy atom. The SMILES string of the molecule is Cc1c(COCC(=O)OC(C)(C)C)c(C)c(N2CCNCC2)c(C)c1C(=O)O. The number of piperazine rings is 1. The number of carbonyl (C=O) groups is 2. The number of nitrogens with zero attached hydrogens (tertiary/aromatic N) is 1. The monoisotopic (exact) mass is 392 g/mol. The molecule has 7 heteroatoms. The maximum Gasteiger partial charge on any atom is 0.336 e. The van der Waals surface area contributed by atoms with E-state index in [0.29, 0.717) is 11.1 Å². The molecule has 156 valence electrons. The van der Waals surface area contributed by atoms with Crippen molar-refractivity contribution >= 4 is 17.6 Å². The highest BCUT2D eigenvalue weighted by atomic mass is 16.6. The van der Waals surface area contributed by atoms with Crippen molar-refractivity contribution in [3.8, 4) is 0 Å². The van der Waals surface area contributed by atoms with Crippen molar-refractivity contribution in [1.82, 2.24) is 5.32 Å². The van der Waals surface area contributed by atoms with E-state index in [1.54, 1.807) is 27.7 Å². The summed E-state index contributed by atoms with van der Waals surface area (Å²) in [5.41, 5.74) is 4.00. The fourth-order valence-electron chi connectivity index (χ4n) is 3.76. The number of ether oxygens (including phenoxy) is 2. The van der Waals surface area contributed by atoms with E-state index in [-0.39, 0.29) is 13.2 Å². The van der Waals surface area contributed by atoms with E-state index in [1.165, 1.54) is 0 Å². The van der Waals surface area contributed by atoms with Crippen LogP contribution in [0.4, 0.5) is 5.69 Å². The van der Waals surface area contributed by atoms with Gasteiger partial charge in [-0.3, -0.25) is 0 Å². The fraction of sp³-hybridized carbons (Fsp3) is 0.619. The van der Waals surface area contributed by atoms with E-state index in [2.05, 4.69) is 10.2 Å². The van der Waals surface area contributed by atoms with E-state index in [9.17, 15) is 14.7 Å². The Balaban J connectivity index is 2.31.